The Morgan fingerprint density at radius 1 is 1.50 bits per heavy atom. The van der Waals surface area contributed by atoms with Crippen molar-refractivity contribution in [1.29, 1.82) is 0 Å². The summed E-state index contributed by atoms with van der Waals surface area (Å²) in [4.78, 5) is 14.3. The van der Waals surface area contributed by atoms with E-state index in [1.807, 2.05) is 0 Å². The Hall–Kier alpha value is -0.610. The first-order valence-corrected chi connectivity index (χ1v) is 6.50. The largest absolute Gasteiger partial charge is 0.354 e. The minimum absolute atomic E-state index is 0.200. The number of hydrogen-bond acceptors (Lipinski definition) is 3. The molecule has 0 aromatic rings. The fourth-order valence-electron chi connectivity index (χ4n) is 2.58. The molecule has 0 aromatic carbocycles. The Labute approximate surface area is 97.8 Å². The predicted octanol–water partition coefficient (Wildman–Crippen LogP) is 0.196. The highest BCUT2D eigenvalue weighted by atomic mass is 16.1. The van der Waals surface area contributed by atoms with Crippen molar-refractivity contribution in [3.63, 3.8) is 0 Å². The second kappa shape index (κ2) is 5.64. The normalized spacial score (nSPS) is 28.2. The third-order valence-electron chi connectivity index (χ3n) is 3.77. The molecule has 0 aromatic heterocycles. The lowest BCUT2D eigenvalue weighted by molar-refractivity contribution is -0.124. The molecule has 4 nitrogen and oxygen atoms in total. The molecule has 2 N–H and O–H groups in total. The number of nitrogens with zero attached hydrogens (tertiary/aromatic N) is 1. The minimum atomic E-state index is 0.200. The van der Waals surface area contributed by atoms with Crippen molar-refractivity contribution in [2.75, 3.05) is 32.7 Å². The number of carbonyl (C=O) groups excluding carboxylic acids is 1. The molecular formula is C12H23N3O. The molecule has 0 bridgehead atoms. The standard InChI is InChI=1S/C12H23N3O/c1-10(15-6-2-3-7-15)8-14-12(16)11-4-5-13-9-11/h10-11,13H,2-9H2,1H3,(H,14,16). The molecule has 2 aliphatic rings. The van der Waals surface area contributed by atoms with Gasteiger partial charge in [0.2, 0.25) is 5.91 Å². The van der Waals surface area contributed by atoms with Gasteiger partial charge in [0.25, 0.3) is 0 Å². The van der Waals surface area contributed by atoms with Crippen molar-refractivity contribution in [3.05, 3.63) is 0 Å². The average molecular weight is 225 g/mol. The molecule has 2 atom stereocenters. The Kier molecular flexibility index (Phi) is 4.18. The Balaban J connectivity index is 1.67. The van der Waals surface area contributed by atoms with E-state index >= 15 is 0 Å². The van der Waals surface area contributed by atoms with Crippen LogP contribution in [-0.4, -0.2) is 49.6 Å². The lowest BCUT2D eigenvalue weighted by Gasteiger charge is -2.24. The molecule has 2 unspecified atom stereocenters. The van der Waals surface area contributed by atoms with Gasteiger partial charge in [0, 0.05) is 19.1 Å². The van der Waals surface area contributed by atoms with Crippen LogP contribution >= 0.6 is 0 Å². The number of likely N-dealkylation sites (tertiary alicyclic amines) is 1. The van der Waals surface area contributed by atoms with Gasteiger partial charge in [0.1, 0.15) is 0 Å². The average Bonchev–Trinajstić information content (AvgIpc) is 2.95. The first-order valence-electron chi connectivity index (χ1n) is 6.50. The lowest BCUT2D eigenvalue weighted by atomic mass is 10.1. The van der Waals surface area contributed by atoms with E-state index in [0.29, 0.717) is 6.04 Å². The quantitative estimate of drug-likeness (QED) is 0.718. The number of rotatable bonds is 4. The van der Waals surface area contributed by atoms with E-state index in [9.17, 15) is 4.79 Å². The Bertz CT molecular complexity index is 232. The molecule has 2 heterocycles. The van der Waals surface area contributed by atoms with Crippen molar-refractivity contribution in [1.82, 2.24) is 15.5 Å². The highest BCUT2D eigenvalue weighted by molar-refractivity contribution is 5.79. The Morgan fingerprint density at radius 2 is 2.25 bits per heavy atom. The second-order valence-corrected chi connectivity index (χ2v) is 5.03. The van der Waals surface area contributed by atoms with Gasteiger partial charge in [-0.3, -0.25) is 9.69 Å². The molecule has 0 aliphatic carbocycles. The third kappa shape index (κ3) is 2.95. The first kappa shape index (κ1) is 11.9. The lowest BCUT2D eigenvalue weighted by Crippen LogP contribution is -2.42. The van der Waals surface area contributed by atoms with Gasteiger partial charge < -0.3 is 10.6 Å². The summed E-state index contributed by atoms with van der Waals surface area (Å²) in [5.74, 6) is 0.432. The number of nitrogens with one attached hydrogen (secondary N) is 2. The highest BCUT2D eigenvalue weighted by Gasteiger charge is 2.23. The fourth-order valence-corrected chi connectivity index (χ4v) is 2.58. The second-order valence-electron chi connectivity index (χ2n) is 5.03. The molecular weight excluding hydrogens is 202 g/mol. The van der Waals surface area contributed by atoms with Crippen LogP contribution in [0, 0.1) is 5.92 Å². The fraction of sp³-hybridized carbons (Fsp3) is 0.917. The molecule has 1 amide bonds. The molecule has 92 valence electrons. The van der Waals surface area contributed by atoms with Crippen molar-refractivity contribution in [2.24, 2.45) is 5.92 Å². The summed E-state index contributed by atoms with van der Waals surface area (Å²) < 4.78 is 0. The topological polar surface area (TPSA) is 44.4 Å². The number of hydrogen-bond donors (Lipinski definition) is 2. The molecule has 16 heavy (non-hydrogen) atoms. The van der Waals surface area contributed by atoms with Crippen molar-refractivity contribution < 1.29 is 4.79 Å². The van der Waals surface area contributed by atoms with Gasteiger partial charge >= 0.3 is 0 Å². The maximum atomic E-state index is 11.8. The van der Waals surface area contributed by atoms with E-state index in [1.165, 1.54) is 25.9 Å². The molecule has 4 heteroatoms. The van der Waals surface area contributed by atoms with Gasteiger partial charge in [-0.2, -0.15) is 0 Å². The van der Waals surface area contributed by atoms with Gasteiger partial charge in [-0.15, -0.1) is 0 Å². The molecule has 2 rings (SSSR count). The van der Waals surface area contributed by atoms with Crippen molar-refractivity contribution in [3.8, 4) is 0 Å². The summed E-state index contributed by atoms with van der Waals surface area (Å²) >= 11 is 0. The van der Waals surface area contributed by atoms with Gasteiger partial charge in [-0.05, 0) is 45.8 Å². The number of amides is 1. The highest BCUT2D eigenvalue weighted by Crippen LogP contribution is 2.11. The van der Waals surface area contributed by atoms with Gasteiger partial charge in [-0.25, -0.2) is 0 Å². The van der Waals surface area contributed by atoms with Crippen LogP contribution in [0.4, 0.5) is 0 Å². The van der Waals surface area contributed by atoms with Crippen molar-refractivity contribution >= 4 is 5.91 Å². The zero-order valence-corrected chi connectivity index (χ0v) is 10.2. The van der Waals surface area contributed by atoms with Crippen LogP contribution in [0.3, 0.4) is 0 Å². The van der Waals surface area contributed by atoms with Crippen LogP contribution in [0.5, 0.6) is 0 Å². The number of carbonyl (C=O) groups is 1. The summed E-state index contributed by atoms with van der Waals surface area (Å²) in [5.41, 5.74) is 0. The summed E-state index contributed by atoms with van der Waals surface area (Å²) in [6.45, 7) is 7.24. The van der Waals surface area contributed by atoms with Crippen LogP contribution in [0.15, 0.2) is 0 Å². The molecule has 0 saturated carbocycles. The van der Waals surface area contributed by atoms with Crippen LogP contribution in [-0.2, 0) is 4.79 Å². The summed E-state index contributed by atoms with van der Waals surface area (Å²) in [7, 11) is 0. The monoisotopic (exact) mass is 225 g/mol. The van der Waals surface area contributed by atoms with Gasteiger partial charge in [0.05, 0.1) is 5.92 Å². The Morgan fingerprint density at radius 3 is 2.88 bits per heavy atom. The summed E-state index contributed by atoms with van der Waals surface area (Å²) in [6, 6.07) is 0.487. The third-order valence-corrected chi connectivity index (χ3v) is 3.77. The van der Waals surface area contributed by atoms with Crippen LogP contribution in [0.1, 0.15) is 26.2 Å². The van der Waals surface area contributed by atoms with Crippen LogP contribution in [0.2, 0.25) is 0 Å². The van der Waals surface area contributed by atoms with E-state index in [4.69, 9.17) is 0 Å². The van der Waals surface area contributed by atoms with E-state index in [2.05, 4.69) is 22.5 Å². The van der Waals surface area contributed by atoms with E-state index in [0.717, 1.165) is 26.1 Å². The van der Waals surface area contributed by atoms with Crippen LogP contribution < -0.4 is 10.6 Å². The minimum Gasteiger partial charge on any atom is -0.354 e. The molecule has 2 fully saturated rings. The van der Waals surface area contributed by atoms with E-state index < -0.39 is 0 Å². The molecule has 0 spiro atoms. The maximum absolute atomic E-state index is 11.8. The summed E-state index contributed by atoms with van der Waals surface area (Å²) in [5, 5.41) is 6.31. The zero-order chi connectivity index (χ0) is 11.4. The van der Waals surface area contributed by atoms with Gasteiger partial charge in [-0.1, -0.05) is 0 Å². The predicted molar refractivity (Wildman–Crippen MR) is 64.3 cm³/mol. The van der Waals surface area contributed by atoms with E-state index in [1.54, 1.807) is 0 Å². The SMILES string of the molecule is CC(CNC(=O)C1CCNC1)N1CCCC1. The van der Waals surface area contributed by atoms with Crippen LogP contribution in [0.25, 0.3) is 0 Å². The van der Waals surface area contributed by atoms with E-state index in [-0.39, 0.29) is 11.8 Å². The zero-order valence-electron chi connectivity index (χ0n) is 10.2. The molecule has 0 radical (unpaired) electrons. The molecule has 2 saturated heterocycles. The van der Waals surface area contributed by atoms with Crippen molar-refractivity contribution in [2.45, 2.75) is 32.2 Å². The first-order chi connectivity index (χ1) is 7.77. The molecule has 2 aliphatic heterocycles. The smallest absolute Gasteiger partial charge is 0.224 e. The van der Waals surface area contributed by atoms with Gasteiger partial charge in [0.15, 0.2) is 0 Å². The summed E-state index contributed by atoms with van der Waals surface area (Å²) in [6.07, 6.45) is 3.61. The maximum Gasteiger partial charge on any atom is 0.224 e.